The van der Waals surface area contributed by atoms with Gasteiger partial charge < -0.3 is 19.9 Å². The lowest BCUT2D eigenvalue weighted by molar-refractivity contribution is -0.181. The van der Waals surface area contributed by atoms with Gasteiger partial charge in [0.1, 0.15) is 16.6 Å². The average Bonchev–Trinajstić information content (AvgIpc) is 3.22. The molecule has 0 fully saturated rings. The van der Waals surface area contributed by atoms with Gasteiger partial charge in [0.25, 0.3) is 0 Å². The monoisotopic (exact) mass is 512 g/mol. The molecule has 0 amide bonds. The number of halogens is 3. The number of aromatic nitrogens is 3. The van der Waals surface area contributed by atoms with Crippen molar-refractivity contribution in [2.45, 2.75) is 46.8 Å². The van der Waals surface area contributed by atoms with Gasteiger partial charge in [-0.1, -0.05) is 0 Å². The SMILES string of the molecule is CC(=O)OC(C)OC(C)=O.Cc1cc(Nc2cc(C(F)(F)F)ccn2)nc(-c2cnc(CO)s2)c1. The van der Waals surface area contributed by atoms with Crippen molar-refractivity contribution in [1.29, 1.82) is 0 Å². The Kier molecular flexibility index (Phi) is 9.66. The summed E-state index contributed by atoms with van der Waals surface area (Å²) in [6, 6.07) is 5.38. The Labute approximate surface area is 203 Å². The van der Waals surface area contributed by atoms with E-state index < -0.39 is 30.0 Å². The number of nitrogens with one attached hydrogen (secondary N) is 1. The summed E-state index contributed by atoms with van der Waals surface area (Å²) in [7, 11) is 0. The molecular formula is C22H23F3N4O5S. The fourth-order valence-corrected chi connectivity index (χ4v) is 3.40. The number of pyridine rings is 2. The lowest BCUT2D eigenvalue weighted by Gasteiger charge is -2.10. The van der Waals surface area contributed by atoms with Gasteiger partial charge in [-0.15, -0.1) is 11.3 Å². The molecule has 3 heterocycles. The second-order valence-electron chi connectivity index (χ2n) is 7.03. The summed E-state index contributed by atoms with van der Waals surface area (Å²) in [5.41, 5.74) is 0.707. The van der Waals surface area contributed by atoms with E-state index in [1.165, 1.54) is 32.1 Å². The number of aliphatic hydroxyl groups is 1. The van der Waals surface area contributed by atoms with Crippen molar-refractivity contribution in [3.8, 4) is 10.6 Å². The van der Waals surface area contributed by atoms with E-state index in [2.05, 4.69) is 29.7 Å². The molecule has 0 atom stereocenters. The molecule has 0 aliphatic rings. The number of carbonyl (C=O) groups is 2. The van der Waals surface area contributed by atoms with Crippen LogP contribution >= 0.6 is 11.3 Å². The quantitative estimate of drug-likeness (QED) is 0.360. The van der Waals surface area contributed by atoms with Gasteiger partial charge in [-0.05, 0) is 36.8 Å². The van der Waals surface area contributed by atoms with E-state index in [-0.39, 0.29) is 12.4 Å². The highest BCUT2D eigenvalue weighted by atomic mass is 32.1. The number of thiazole rings is 1. The first-order valence-corrected chi connectivity index (χ1v) is 10.9. The van der Waals surface area contributed by atoms with Crippen molar-refractivity contribution < 1.29 is 37.3 Å². The molecule has 0 spiro atoms. The molecule has 0 aromatic carbocycles. The number of carbonyl (C=O) groups excluding carboxylic acids is 2. The Hall–Kier alpha value is -3.58. The number of hydrogen-bond donors (Lipinski definition) is 2. The van der Waals surface area contributed by atoms with Crippen molar-refractivity contribution in [3.63, 3.8) is 0 Å². The van der Waals surface area contributed by atoms with E-state index >= 15 is 0 Å². The van der Waals surface area contributed by atoms with Gasteiger partial charge in [0.2, 0.25) is 6.29 Å². The van der Waals surface area contributed by atoms with Crippen LogP contribution in [0.4, 0.5) is 24.8 Å². The molecule has 0 unspecified atom stereocenters. The second kappa shape index (κ2) is 12.2. The topological polar surface area (TPSA) is 124 Å². The van der Waals surface area contributed by atoms with Crippen LogP contribution < -0.4 is 5.32 Å². The Morgan fingerprint density at radius 2 is 1.77 bits per heavy atom. The van der Waals surface area contributed by atoms with Gasteiger partial charge in [0, 0.05) is 33.2 Å². The van der Waals surface area contributed by atoms with E-state index in [9.17, 15) is 22.8 Å². The van der Waals surface area contributed by atoms with Crippen LogP contribution in [0.15, 0.2) is 36.7 Å². The summed E-state index contributed by atoms with van der Waals surface area (Å²) < 4.78 is 47.3. The largest absolute Gasteiger partial charge is 0.426 e. The molecule has 0 bridgehead atoms. The minimum atomic E-state index is -4.44. The number of hydrogen-bond acceptors (Lipinski definition) is 10. The first-order chi connectivity index (χ1) is 16.4. The van der Waals surface area contributed by atoms with Crippen LogP contribution in [0.2, 0.25) is 0 Å². The maximum atomic E-state index is 12.8. The van der Waals surface area contributed by atoms with Crippen LogP contribution in [0.3, 0.4) is 0 Å². The molecule has 3 aromatic rings. The van der Waals surface area contributed by atoms with Crippen molar-refractivity contribution in [2.75, 3.05) is 5.32 Å². The molecule has 3 rings (SSSR count). The highest BCUT2D eigenvalue weighted by Crippen LogP contribution is 2.31. The molecular weight excluding hydrogens is 489 g/mol. The van der Waals surface area contributed by atoms with Crippen LogP contribution in [-0.4, -0.2) is 38.3 Å². The standard InChI is InChI=1S/C16H13F3N4OS.C6H10O4/c1-9-4-11(12-7-21-15(8-24)25-12)22-14(5-9)23-13-6-10(2-3-20-13)16(17,18)19;1-4(7)9-6(3)10-5(2)8/h2-7,24H,8H2,1H3,(H,20,22,23);6H,1-3H3. The summed E-state index contributed by atoms with van der Waals surface area (Å²) >= 11 is 1.30. The van der Waals surface area contributed by atoms with Crippen LogP contribution in [0.5, 0.6) is 0 Å². The van der Waals surface area contributed by atoms with E-state index in [0.717, 1.165) is 28.8 Å². The van der Waals surface area contributed by atoms with E-state index in [0.29, 0.717) is 16.5 Å². The zero-order valence-electron chi connectivity index (χ0n) is 19.2. The third kappa shape index (κ3) is 9.29. The van der Waals surface area contributed by atoms with Crippen LogP contribution in [0.1, 0.15) is 36.9 Å². The van der Waals surface area contributed by atoms with Crippen LogP contribution in [0.25, 0.3) is 10.6 Å². The maximum absolute atomic E-state index is 12.8. The maximum Gasteiger partial charge on any atom is 0.416 e. The summed E-state index contributed by atoms with van der Waals surface area (Å²) in [4.78, 5) is 33.6. The van der Waals surface area contributed by atoms with Gasteiger partial charge in [-0.3, -0.25) is 9.59 Å². The minimum absolute atomic E-state index is 0.0548. The summed E-state index contributed by atoms with van der Waals surface area (Å²) in [6.07, 6.45) is -2.52. The molecule has 35 heavy (non-hydrogen) atoms. The fourth-order valence-electron chi connectivity index (χ4n) is 2.66. The first kappa shape index (κ1) is 27.7. The zero-order valence-corrected chi connectivity index (χ0v) is 20.0. The number of ether oxygens (including phenoxy) is 2. The molecule has 0 aliphatic heterocycles. The third-order valence-electron chi connectivity index (χ3n) is 3.92. The number of alkyl halides is 3. The molecule has 0 saturated heterocycles. The van der Waals surface area contributed by atoms with Crippen LogP contribution in [-0.2, 0) is 31.8 Å². The number of aliphatic hydroxyl groups excluding tert-OH is 1. The zero-order chi connectivity index (χ0) is 26.2. The Balaban J connectivity index is 0.000000367. The first-order valence-electron chi connectivity index (χ1n) is 10.1. The molecule has 13 heteroatoms. The van der Waals surface area contributed by atoms with Crippen molar-refractivity contribution in [1.82, 2.24) is 15.0 Å². The molecule has 0 saturated carbocycles. The van der Waals surface area contributed by atoms with Gasteiger partial charge in [0.15, 0.2) is 0 Å². The van der Waals surface area contributed by atoms with Gasteiger partial charge in [-0.2, -0.15) is 13.2 Å². The summed E-state index contributed by atoms with van der Waals surface area (Å²) in [5.74, 6) is -0.498. The van der Waals surface area contributed by atoms with Crippen molar-refractivity contribution >= 4 is 34.9 Å². The number of rotatable bonds is 6. The molecule has 0 radical (unpaired) electrons. The number of nitrogens with zero attached hydrogens (tertiary/aromatic N) is 3. The lowest BCUT2D eigenvalue weighted by atomic mass is 10.2. The third-order valence-corrected chi connectivity index (χ3v) is 4.92. The second-order valence-corrected chi connectivity index (χ2v) is 8.15. The van der Waals surface area contributed by atoms with Crippen LogP contribution in [0, 0.1) is 6.92 Å². The van der Waals surface area contributed by atoms with Crippen molar-refractivity contribution in [3.05, 3.63) is 52.8 Å². The smallest absolute Gasteiger partial charge is 0.416 e. The fraction of sp³-hybridized carbons (Fsp3) is 0.318. The Morgan fingerprint density at radius 1 is 1.11 bits per heavy atom. The minimum Gasteiger partial charge on any atom is -0.426 e. The van der Waals surface area contributed by atoms with Gasteiger partial charge >= 0.3 is 18.1 Å². The summed E-state index contributed by atoms with van der Waals surface area (Å²) in [5, 5.41) is 12.5. The normalized spacial score (nSPS) is 10.9. The number of anilines is 2. The predicted octanol–water partition coefficient (Wildman–Crippen LogP) is 4.62. The summed E-state index contributed by atoms with van der Waals surface area (Å²) in [6.45, 7) is 5.67. The molecule has 2 N–H and O–H groups in total. The number of esters is 2. The average molecular weight is 513 g/mol. The highest BCUT2D eigenvalue weighted by Gasteiger charge is 2.30. The highest BCUT2D eigenvalue weighted by molar-refractivity contribution is 7.15. The predicted molar refractivity (Wildman–Crippen MR) is 122 cm³/mol. The number of aryl methyl sites for hydroxylation is 1. The van der Waals surface area contributed by atoms with E-state index in [1.54, 1.807) is 12.3 Å². The molecule has 188 valence electrons. The Bertz CT molecular complexity index is 1150. The molecule has 9 nitrogen and oxygen atoms in total. The van der Waals surface area contributed by atoms with Crippen molar-refractivity contribution in [2.24, 2.45) is 0 Å². The van der Waals surface area contributed by atoms with E-state index in [4.69, 9.17) is 5.11 Å². The molecule has 3 aromatic heterocycles. The van der Waals surface area contributed by atoms with Gasteiger partial charge in [0.05, 0.1) is 22.7 Å². The Morgan fingerprint density at radius 3 is 2.31 bits per heavy atom. The van der Waals surface area contributed by atoms with Gasteiger partial charge in [-0.25, -0.2) is 15.0 Å². The van der Waals surface area contributed by atoms with E-state index in [1.807, 2.05) is 13.0 Å². The molecule has 0 aliphatic carbocycles. The lowest BCUT2D eigenvalue weighted by Crippen LogP contribution is -2.18.